The van der Waals surface area contributed by atoms with Crippen molar-refractivity contribution in [2.75, 3.05) is 13.2 Å². The van der Waals surface area contributed by atoms with Crippen LogP contribution < -0.4 is 5.32 Å². The molecule has 18 heavy (non-hydrogen) atoms. The zero-order valence-electron chi connectivity index (χ0n) is 10.8. The zero-order valence-corrected chi connectivity index (χ0v) is 11.6. The highest BCUT2D eigenvalue weighted by molar-refractivity contribution is 7.10. The van der Waals surface area contributed by atoms with Gasteiger partial charge < -0.3 is 10.4 Å². The SMILES string of the molecule is CC(CCO)CNC(=O)C1CCCc2sccc21. The number of carbonyl (C=O) groups is 1. The average Bonchev–Trinajstić information content (AvgIpc) is 2.84. The lowest BCUT2D eigenvalue weighted by Gasteiger charge is -2.22. The van der Waals surface area contributed by atoms with Crippen LogP contribution >= 0.6 is 11.3 Å². The fourth-order valence-corrected chi connectivity index (χ4v) is 3.47. The summed E-state index contributed by atoms with van der Waals surface area (Å²) in [5.41, 5.74) is 1.23. The molecule has 2 unspecified atom stereocenters. The first kappa shape index (κ1) is 13.6. The number of fused-ring (bicyclic) bond motifs is 1. The molecule has 1 heterocycles. The molecule has 0 radical (unpaired) electrons. The lowest BCUT2D eigenvalue weighted by molar-refractivity contribution is -0.123. The Labute approximate surface area is 112 Å². The smallest absolute Gasteiger partial charge is 0.227 e. The molecule has 0 saturated heterocycles. The molecular formula is C14H21NO2S. The predicted molar refractivity (Wildman–Crippen MR) is 73.9 cm³/mol. The number of rotatable bonds is 5. The van der Waals surface area contributed by atoms with Crippen LogP contribution in [0.3, 0.4) is 0 Å². The van der Waals surface area contributed by atoms with Crippen molar-refractivity contribution in [2.45, 2.75) is 38.5 Å². The van der Waals surface area contributed by atoms with Crippen molar-refractivity contribution in [1.82, 2.24) is 5.32 Å². The van der Waals surface area contributed by atoms with Crippen molar-refractivity contribution >= 4 is 17.2 Å². The van der Waals surface area contributed by atoms with Gasteiger partial charge in [-0.1, -0.05) is 6.92 Å². The Morgan fingerprint density at radius 3 is 3.28 bits per heavy atom. The third-order valence-electron chi connectivity index (χ3n) is 3.62. The van der Waals surface area contributed by atoms with Gasteiger partial charge in [0, 0.05) is 18.0 Å². The molecule has 2 atom stereocenters. The van der Waals surface area contributed by atoms with Gasteiger partial charge in [0.05, 0.1) is 5.92 Å². The maximum atomic E-state index is 12.2. The van der Waals surface area contributed by atoms with Crippen LogP contribution in [-0.2, 0) is 11.2 Å². The summed E-state index contributed by atoms with van der Waals surface area (Å²) in [6.07, 6.45) is 3.94. The molecule has 4 heteroatoms. The molecule has 0 aliphatic heterocycles. The maximum Gasteiger partial charge on any atom is 0.227 e. The van der Waals surface area contributed by atoms with Crippen molar-refractivity contribution in [2.24, 2.45) is 5.92 Å². The van der Waals surface area contributed by atoms with Crippen LogP contribution in [0.15, 0.2) is 11.4 Å². The van der Waals surface area contributed by atoms with Crippen LogP contribution in [0, 0.1) is 5.92 Å². The molecule has 2 N–H and O–H groups in total. The molecule has 1 aliphatic carbocycles. The van der Waals surface area contributed by atoms with E-state index in [2.05, 4.69) is 16.8 Å². The van der Waals surface area contributed by atoms with Gasteiger partial charge in [-0.15, -0.1) is 11.3 Å². The van der Waals surface area contributed by atoms with E-state index in [-0.39, 0.29) is 18.4 Å². The number of thiophene rings is 1. The molecule has 1 amide bonds. The van der Waals surface area contributed by atoms with Crippen LogP contribution in [-0.4, -0.2) is 24.2 Å². The van der Waals surface area contributed by atoms with Crippen LogP contribution in [0.2, 0.25) is 0 Å². The van der Waals surface area contributed by atoms with E-state index < -0.39 is 0 Å². The van der Waals surface area contributed by atoms with Crippen molar-refractivity contribution < 1.29 is 9.90 Å². The standard InChI is InChI=1S/C14H21NO2S/c1-10(5-7-16)9-15-14(17)12-3-2-4-13-11(12)6-8-18-13/h6,8,10,12,16H,2-5,7,9H2,1H3,(H,15,17). The second-order valence-electron chi connectivity index (χ2n) is 5.11. The molecular weight excluding hydrogens is 246 g/mol. The van der Waals surface area contributed by atoms with Gasteiger partial charge in [-0.3, -0.25) is 4.79 Å². The van der Waals surface area contributed by atoms with Gasteiger partial charge in [-0.2, -0.15) is 0 Å². The van der Waals surface area contributed by atoms with Crippen LogP contribution in [0.1, 0.15) is 42.5 Å². The van der Waals surface area contributed by atoms with Gasteiger partial charge in [-0.05, 0) is 48.6 Å². The Morgan fingerprint density at radius 1 is 1.67 bits per heavy atom. The number of hydrogen-bond acceptors (Lipinski definition) is 3. The number of carbonyl (C=O) groups excluding carboxylic acids is 1. The summed E-state index contributed by atoms with van der Waals surface area (Å²) in [6.45, 7) is 2.90. The number of aliphatic hydroxyl groups excluding tert-OH is 1. The summed E-state index contributed by atoms with van der Waals surface area (Å²) in [5, 5.41) is 14.0. The Kier molecular flexibility index (Phi) is 4.78. The van der Waals surface area contributed by atoms with E-state index in [0.717, 1.165) is 25.7 Å². The van der Waals surface area contributed by atoms with E-state index in [9.17, 15) is 4.79 Å². The maximum absolute atomic E-state index is 12.2. The molecule has 100 valence electrons. The fourth-order valence-electron chi connectivity index (χ4n) is 2.48. The highest BCUT2D eigenvalue weighted by atomic mass is 32.1. The quantitative estimate of drug-likeness (QED) is 0.860. The second kappa shape index (κ2) is 6.34. The molecule has 1 aromatic rings. The van der Waals surface area contributed by atoms with Crippen molar-refractivity contribution in [3.63, 3.8) is 0 Å². The third-order valence-corrected chi connectivity index (χ3v) is 4.61. The summed E-state index contributed by atoms with van der Waals surface area (Å²) in [4.78, 5) is 13.6. The van der Waals surface area contributed by atoms with E-state index in [1.165, 1.54) is 10.4 Å². The molecule has 0 bridgehead atoms. The zero-order chi connectivity index (χ0) is 13.0. The monoisotopic (exact) mass is 267 g/mol. The Balaban J connectivity index is 1.91. The van der Waals surface area contributed by atoms with Gasteiger partial charge in [0.2, 0.25) is 5.91 Å². The first-order valence-electron chi connectivity index (χ1n) is 6.67. The molecule has 1 aromatic heterocycles. The van der Waals surface area contributed by atoms with E-state index >= 15 is 0 Å². The van der Waals surface area contributed by atoms with Crippen LogP contribution in [0.4, 0.5) is 0 Å². The lowest BCUT2D eigenvalue weighted by atomic mass is 9.87. The Bertz CT molecular complexity index is 402. The number of aryl methyl sites for hydroxylation is 1. The Morgan fingerprint density at radius 2 is 2.50 bits per heavy atom. The molecule has 2 rings (SSSR count). The number of aliphatic hydroxyl groups is 1. The largest absolute Gasteiger partial charge is 0.396 e. The molecule has 0 spiro atoms. The van der Waals surface area contributed by atoms with Gasteiger partial charge in [0.25, 0.3) is 0 Å². The topological polar surface area (TPSA) is 49.3 Å². The van der Waals surface area contributed by atoms with Gasteiger partial charge in [0.15, 0.2) is 0 Å². The van der Waals surface area contributed by atoms with Crippen molar-refractivity contribution in [3.8, 4) is 0 Å². The molecule has 0 fully saturated rings. The van der Waals surface area contributed by atoms with Crippen LogP contribution in [0.25, 0.3) is 0 Å². The molecule has 3 nitrogen and oxygen atoms in total. The first-order chi connectivity index (χ1) is 8.72. The summed E-state index contributed by atoms with van der Waals surface area (Å²) in [7, 11) is 0. The Hall–Kier alpha value is -0.870. The summed E-state index contributed by atoms with van der Waals surface area (Å²) >= 11 is 1.77. The minimum Gasteiger partial charge on any atom is -0.396 e. The highest BCUT2D eigenvalue weighted by Crippen LogP contribution is 2.34. The van der Waals surface area contributed by atoms with E-state index in [1.807, 2.05) is 6.92 Å². The summed E-state index contributed by atoms with van der Waals surface area (Å²) in [5.74, 6) is 0.532. The number of amides is 1. The lowest BCUT2D eigenvalue weighted by Crippen LogP contribution is -2.34. The van der Waals surface area contributed by atoms with E-state index in [4.69, 9.17) is 5.11 Å². The minimum absolute atomic E-state index is 0.0429. The number of hydrogen-bond donors (Lipinski definition) is 2. The molecule has 0 aromatic carbocycles. The summed E-state index contributed by atoms with van der Waals surface area (Å²) < 4.78 is 0. The van der Waals surface area contributed by atoms with E-state index in [0.29, 0.717) is 12.5 Å². The minimum atomic E-state index is 0.0429. The third kappa shape index (κ3) is 3.12. The predicted octanol–water partition coefficient (Wildman–Crippen LogP) is 2.30. The van der Waals surface area contributed by atoms with Crippen molar-refractivity contribution in [1.29, 1.82) is 0 Å². The molecule has 0 saturated carbocycles. The van der Waals surface area contributed by atoms with Crippen molar-refractivity contribution in [3.05, 3.63) is 21.9 Å². The van der Waals surface area contributed by atoms with E-state index in [1.54, 1.807) is 11.3 Å². The summed E-state index contributed by atoms with van der Waals surface area (Å²) in [6, 6.07) is 2.10. The van der Waals surface area contributed by atoms with Crippen LogP contribution in [0.5, 0.6) is 0 Å². The average molecular weight is 267 g/mol. The normalized spacial score (nSPS) is 20.2. The first-order valence-corrected chi connectivity index (χ1v) is 7.55. The van der Waals surface area contributed by atoms with Gasteiger partial charge in [0.1, 0.15) is 0 Å². The van der Waals surface area contributed by atoms with Gasteiger partial charge >= 0.3 is 0 Å². The fraction of sp³-hybridized carbons (Fsp3) is 0.643. The second-order valence-corrected chi connectivity index (χ2v) is 6.11. The molecule has 1 aliphatic rings. The number of nitrogens with one attached hydrogen (secondary N) is 1. The van der Waals surface area contributed by atoms with Gasteiger partial charge in [-0.25, -0.2) is 0 Å². The highest BCUT2D eigenvalue weighted by Gasteiger charge is 2.27.